The predicted octanol–water partition coefficient (Wildman–Crippen LogP) is 4.14. The van der Waals surface area contributed by atoms with Crippen molar-refractivity contribution < 1.29 is 58.1 Å². The Morgan fingerprint density at radius 1 is 0.556 bits per heavy atom. The molecule has 280 valence electrons. The van der Waals surface area contributed by atoms with Crippen molar-refractivity contribution in [2.75, 3.05) is 21.3 Å². The molecule has 0 fully saturated rings. The van der Waals surface area contributed by atoms with Crippen LogP contribution in [-0.2, 0) is 30.4 Å². The van der Waals surface area contributed by atoms with E-state index in [2.05, 4.69) is 21.3 Å². The summed E-state index contributed by atoms with van der Waals surface area (Å²) >= 11 is 0. The van der Waals surface area contributed by atoms with Crippen LogP contribution in [0.3, 0.4) is 0 Å². The van der Waals surface area contributed by atoms with E-state index in [1.165, 1.54) is 66.7 Å². The molecular weight excluding hydrogens is 771 g/mol. The van der Waals surface area contributed by atoms with Gasteiger partial charge in [-0.2, -0.15) is 25.3 Å². The number of amides is 5. The molecule has 9 N–H and O–H groups in total. The molecule has 0 unspecified atom stereocenters. The summed E-state index contributed by atoms with van der Waals surface area (Å²) in [5.41, 5.74) is 6.08. The minimum atomic E-state index is -5.37. The first-order valence-corrected chi connectivity index (χ1v) is 19.3. The van der Waals surface area contributed by atoms with Crippen LogP contribution in [0.15, 0.2) is 106 Å². The summed E-state index contributed by atoms with van der Waals surface area (Å²) in [6, 6.07) is 17.5. The first-order valence-electron chi connectivity index (χ1n) is 15.0. The molecule has 0 atom stereocenters. The van der Waals surface area contributed by atoms with Gasteiger partial charge in [0.1, 0.15) is 9.79 Å². The van der Waals surface area contributed by atoms with Gasteiger partial charge in [0.2, 0.25) is 5.91 Å². The molecule has 0 radical (unpaired) electrons. The molecule has 54 heavy (non-hydrogen) atoms. The zero-order chi connectivity index (χ0) is 39.7. The van der Waals surface area contributed by atoms with E-state index in [9.17, 15) is 58.1 Å². The number of aryl methyl sites for hydroxylation is 1. The standard InChI is InChI=1S/C33H27N5O13S3/c1-17-8-9-20(14-26(17)38-31(40)19-5-3-7-22(13-19)36-33(42)35-21-6-2-4-18(12-21)30(34)39)32(41)37-25-10-11-27(53(46,47)48)24-15-23(52(43,44)45)16-28(29(24)25)54(49,50)51/h2-16H,1H3,(H2,34,39)(H,37,41)(H,38,40)(H2,35,36,42)(H,43,44,45)(H,46,47,48)(H,49,50,51). The molecule has 0 saturated heterocycles. The van der Waals surface area contributed by atoms with Gasteiger partial charge >= 0.3 is 6.03 Å². The Bertz CT molecular complexity index is 2750. The van der Waals surface area contributed by atoms with Gasteiger partial charge in [0.25, 0.3) is 42.2 Å². The molecule has 0 saturated carbocycles. The average Bonchev–Trinajstić information content (AvgIpc) is 3.07. The second-order valence-electron chi connectivity index (χ2n) is 11.4. The number of nitrogens with two attached hydrogens (primary N) is 1. The fourth-order valence-electron chi connectivity index (χ4n) is 5.14. The van der Waals surface area contributed by atoms with E-state index in [1.54, 1.807) is 6.92 Å². The summed E-state index contributed by atoms with van der Waals surface area (Å²) in [6.07, 6.45) is 0. The lowest BCUT2D eigenvalue weighted by Gasteiger charge is -2.16. The fourth-order valence-corrected chi connectivity index (χ4v) is 7.19. The molecule has 0 bridgehead atoms. The van der Waals surface area contributed by atoms with Gasteiger partial charge in [-0.25, -0.2) is 4.79 Å². The van der Waals surface area contributed by atoms with Crippen LogP contribution < -0.4 is 27.0 Å². The van der Waals surface area contributed by atoms with Crippen LogP contribution >= 0.6 is 0 Å². The summed E-state index contributed by atoms with van der Waals surface area (Å²) in [7, 11) is -15.7. The van der Waals surface area contributed by atoms with E-state index in [4.69, 9.17) is 5.73 Å². The van der Waals surface area contributed by atoms with Crippen molar-refractivity contribution in [1.82, 2.24) is 0 Å². The SMILES string of the molecule is Cc1ccc(C(=O)Nc2ccc(S(=O)(=O)O)c3cc(S(=O)(=O)O)cc(S(=O)(=O)O)c23)cc1NC(=O)c1cccc(NC(=O)Nc2cccc(C(N)=O)c2)c1. The topological polar surface area (TPSA) is 306 Å². The number of nitrogens with one attached hydrogen (secondary N) is 4. The highest BCUT2D eigenvalue weighted by Crippen LogP contribution is 2.37. The highest BCUT2D eigenvalue weighted by atomic mass is 32.2. The highest BCUT2D eigenvalue weighted by molar-refractivity contribution is 7.87. The second-order valence-corrected chi connectivity index (χ2v) is 15.6. The molecule has 0 aliphatic heterocycles. The summed E-state index contributed by atoms with van der Waals surface area (Å²) < 4.78 is 102. The fraction of sp³-hybridized carbons (Fsp3) is 0.0303. The van der Waals surface area contributed by atoms with Crippen LogP contribution in [0, 0.1) is 6.92 Å². The summed E-state index contributed by atoms with van der Waals surface area (Å²) in [6.45, 7) is 1.61. The molecule has 0 aliphatic rings. The third kappa shape index (κ3) is 8.86. The Labute approximate surface area is 306 Å². The summed E-state index contributed by atoms with van der Waals surface area (Å²) in [5.74, 6) is -2.30. The summed E-state index contributed by atoms with van der Waals surface area (Å²) in [4.78, 5) is 47.4. The lowest BCUT2D eigenvalue weighted by molar-refractivity contribution is 0.0996. The lowest BCUT2D eigenvalue weighted by Crippen LogP contribution is -2.20. The number of rotatable bonds is 10. The van der Waals surface area contributed by atoms with Crippen LogP contribution in [-0.4, -0.2) is 62.7 Å². The van der Waals surface area contributed by atoms with Crippen molar-refractivity contribution in [1.29, 1.82) is 0 Å². The number of fused-ring (bicyclic) bond motifs is 1. The van der Waals surface area contributed by atoms with Crippen molar-refractivity contribution >= 4 is 87.6 Å². The van der Waals surface area contributed by atoms with E-state index in [0.717, 1.165) is 12.1 Å². The number of hydrogen-bond donors (Lipinski definition) is 8. The van der Waals surface area contributed by atoms with Gasteiger partial charge in [-0.1, -0.05) is 18.2 Å². The molecule has 18 nitrogen and oxygen atoms in total. The third-order valence-corrected chi connectivity index (χ3v) is 10.3. The Kier molecular flexibility index (Phi) is 10.6. The van der Waals surface area contributed by atoms with Crippen LogP contribution in [0.25, 0.3) is 10.8 Å². The number of urea groups is 1. The Hall–Kier alpha value is -6.23. The van der Waals surface area contributed by atoms with E-state index >= 15 is 0 Å². The van der Waals surface area contributed by atoms with Crippen LogP contribution in [0.5, 0.6) is 0 Å². The molecule has 5 aromatic rings. The molecule has 5 rings (SSSR count). The smallest absolute Gasteiger partial charge is 0.323 e. The van der Waals surface area contributed by atoms with Crippen LogP contribution in [0.4, 0.5) is 27.5 Å². The molecule has 5 aromatic carbocycles. The molecule has 5 amide bonds. The van der Waals surface area contributed by atoms with Crippen LogP contribution in [0.1, 0.15) is 36.6 Å². The molecule has 0 aromatic heterocycles. The maximum atomic E-state index is 13.5. The quantitative estimate of drug-likeness (QED) is 0.0923. The van der Waals surface area contributed by atoms with Crippen molar-refractivity contribution in [2.45, 2.75) is 21.6 Å². The van der Waals surface area contributed by atoms with Gasteiger partial charge in [0.15, 0.2) is 0 Å². The van der Waals surface area contributed by atoms with E-state index < -0.39 is 85.3 Å². The van der Waals surface area contributed by atoms with Crippen molar-refractivity contribution in [3.05, 3.63) is 113 Å². The third-order valence-electron chi connectivity index (χ3n) is 7.65. The summed E-state index contributed by atoms with van der Waals surface area (Å²) in [5, 5.41) is 8.59. The zero-order valence-corrected chi connectivity index (χ0v) is 29.8. The number of carbonyl (C=O) groups excluding carboxylic acids is 4. The van der Waals surface area contributed by atoms with Gasteiger partial charge in [0.05, 0.1) is 10.6 Å². The largest absolute Gasteiger partial charge is 0.366 e. The maximum Gasteiger partial charge on any atom is 0.323 e. The van der Waals surface area contributed by atoms with Crippen LogP contribution in [0.2, 0.25) is 0 Å². The van der Waals surface area contributed by atoms with Gasteiger partial charge < -0.3 is 27.0 Å². The predicted molar refractivity (Wildman–Crippen MR) is 195 cm³/mol. The molecule has 0 spiro atoms. The lowest BCUT2D eigenvalue weighted by atomic mass is 10.1. The maximum absolute atomic E-state index is 13.5. The Morgan fingerprint density at radius 3 is 1.65 bits per heavy atom. The second kappa shape index (κ2) is 14.7. The Balaban J connectivity index is 1.41. The average molecular weight is 798 g/mol. The first kappa shape index (κ1) is 39.0. The normalized spacial score (nSPS) is 11.8. The minimum absolute atomic E-state index is 0.0881. The van der Waals surface area contributed by atoms with Gasteiger partial charge in [0, 0.05) is 44.5 Å². The monoisotopic (exact) mass is 797 g/mol. The number of hydrogen-bond acceptors (Lipinski definition) is 10. The minimum Gasteiger partial charge on any atom is -0.366 e. The first-order chi connectivity index (χ1) is 25.1. The molecule has 0 heterocycles. The van der Waals surface area contributed by atoms with Gasteiger partial charge in [-0.05, 0) is 85.3 Å². The molecular formula is C33H27N5O13S3. The van der Waals surface area contributed by atoms with E-state index in [-0.39, 0.29) is 33.8 Å². The van der Waals surface area contributed by atoms with Gasteiger partial charge in [-0.3, -0.25) is 28.0 Å². The molecule has 21 heteroatoms. The number of carbonyl (C=O) groups is 4. The highest BCUT2D eigenvalue weighted by Gasteiger charge is 2.27. The van der Waals surface area contributed by atoms with E-state index in [0.29, 0.717) is 17.7 Å². The van der Waals surface area contributed by atoms with E-state index in [1.807, 2.05) is 0 Å². The zero-order valence-electron chi connectivity index (χ0n) is 27.4. The number of benzene rings is 5. The molecule has 0 aliphatic carbocycles. The number of primary amides is 1. The van der Waals surface area contributed by atoms with Crippen molar-refractivity contribution in [2.24, 2.45) is 5.73 Å². The van der Waals surface area contributed by atoms with Crippen molar-refractivity contribution in [3.63, 3.8) is 0 Å². The van der Waals surface area contributed by atoms with Crippen molar-refractivity contribution in [3.8, 4) is 0 Å². The Morgan fingerprint density at radius 2 is 1.09 bits per heavy atom. The van der Waals surface area contributed by atoms with Gasteiger partial charge in [-0.15, -0.1) is 0 Å². The number of anilines is 4.